The van der Waals surface area contributed by atoms with E-state index in [9.17, 15) is 10.2 Å². The van der Waals surface area contributed by atoms with Gasteiger partial charge in [0.25, 0.3) is 0 Å². The number of anilines is 1. The van der Waals surface area contributed by atoms with Crippen LogP contribution in [0.4, 0.5) is 5.13 Å². The number of ether oxygens (including phenoxy) is 2. The standard InChI is InChI=1S/C29H36N2O4S/c1-29(11-5-4-6-12-29)22-16-19(9-10-23(22)32)20-15-21(26(35-3)24(17-20)34-2)18-25-27(33)30-28(36-25)31-13-7-8-14-31/h9-10,15-17,32-33H,4-8,11-14,18H2,1-3H3. The Hall–Kier alpha value is -2.93. The highest BCUT2D eigenvalue weighted by Crippen LogP contribution is 2.45. The molecule has 0 unspecified atom stereocenters. The Balaban J connectivity index is 1.53. The summed E-state index contributed by atoms with van der Waals surface area (Å²) >= 11 is 1.54. The first-order valence-electron chi connectivity index (χ1n) is 12.9. The third-order valence-electron chi connectivity index (χ3n) is 7.89. The highest BCUT2D eigenvalue weighted by atomic mass is 32.1. The summed E-state index contributed by atoms with van der Waals surface area (Å²) in [7, 11) is 3.29. The van der Waals surface area contributed by atoms with Crippen LogP contribution in [0.1, 0.15) is 67.9 Å². The van der Waals surface area contributed by atoms with Crippen molar-refractivity contribution in [2.75, 3.05) is 32.2 Å². The van der Waals surface area contributed by atoms with Gasteiger partial charge in [-0.3, -0.25) is 0 Å². The summed E-state index contributed by atoms with van der Waals surface area (Å²) in [5.74, 6) is 1.76. The second-order valence-corrected chi connectivity index (χ2v) is 11.4. The predicted octanol–water partition coefficient (Wildman–Crippen LogP) is 6.65. The number of nitrogens with zero attached hydrogens (tertiary/aromatic N) is 2. The van der Waals surface area contributed by atoms with Crippen molar-refractivity contribution in [1.82, 2.24) is 4.98 Å². The second-order valence-electron chi connectivity index (χ2n) is 10.3. The monoisotopic (exact) mass is 508 g/mol. The molecule has 1 aliphatic carbocycles. The fraction of sp³-hybridized carbons (Fsp3) is 0.483. The van der Waals surface area contributed by atoms with E-state index in [1.807, 2.05) is 18.2 Å². The Labute approximate surface area is 217 Å². The minimum atomic E-state index is -0.0157. The van der Waals surface area contributed by atoms with Crippen LogP contribution in [0.25, 0.3) is 11.1 Å². The minimum Gasteiger partial charge on any atom is -0.508 e. The van der Waals surface area contributed by atoms with E-state index in [-0.39, 0.29) is 11.3 Å². The Morgan fingerprint density at radius 3 is 2.39 bits per heavy atom. The normalized spacial score (nSPS) is 17.4. The third-order valence-corrected chi connectivity index (χ3v) is 8.99. The lowest BCUT2D eigenvalue weighted by atomic mass is 9.70. The van der Waals surface area contributed by atoms with E-state index in [0.29, 0.717) is 23.7 Å². The third kappa shape index (κ3) is 4.73. The molecule has 192 valence electrons. The van der Waals surface area contributed by atoms with Crippen LogP contribution in [0.3, 0.4) is 0 Å². The van der Waals surface area contributed by atoms with Crippen LogP contribution in [0.5, 0.6) is 23.1 Å². The molecule has 1 saturated heterocycles. The van der Waals surface area contributed by atoms with Crippen LogP contribution < -0.4 is 14.4 Å². The van der Waals surface area contributed by atoms with Crippen LogP contribution in [-0.2, 0) is 11.8 Å². The zero-order valence-corrected chi connectivity index (χ0v) is 22.3. The Bertz CT molecular complexity index is 1230. The number of thiazole rings is 1. The van der Waals surface area contributed by atoms with Crippen LogP contribution in [0, 0.1) is 0 Å². The average molecular weight is 509 g/mol. The molecule has 7 heteroatoms. The predicted molar refractivity (Wildman–Crippen MR) is 145 cm³/mol. The van der Waals surface area contributed by atoms with Crippen molar-refractivity contribution < 1.29 is 19.7 Å². The lowest BCUT2D eigenvalue weighted by molar-refractivity contribution is 0.308. The number of methoxy groups -OCH3 is 2. The van der Waals surface area contributed by atoms with Gasteiger partial charge in [-0.15, -0.1) is 0 Å². The lowest BCUT2D eigenvalue weighted by Crippen LogP contribution is -2.25. The number of hydrogen-bond acceptors (Lipinski definition) is 7. The van der Waals surface area contributed by atoms with Crippen molar-refractivity contribution in [3.05, 3.63) is 46.3 Å². The summed E-state index contributed by atoms with van der Waals surface area (Å²) in [5.41, 5.74) is 3.96. The average Bonchev–Trinajstić information content (AvgIpc) is 3.54. The molecule has 2 heterocycles. The number of aromatic hydroxyl groups is 2. The summed E-state index contributed by atoms with van der Waals surface area (Å²) in [6.07, 6.45) is 8.65. The van der Waals surface area contributed by atoms with Gasteiger partial charge in [-0.2, -0.15) is 4.98 Å². The van der Waals surface area contributed by atoms with Crippen LogP contribution >= 0.6 is 11.3 Å². The summed E-state index contributed by atoms with van der Waals surface area (Å²) in [6.45, 7) is 4.25. The maximum atomic E-state index is 10.8. The van der Waals surface area contributed by atoms with Crippen molar-refractivity contribution in [2.45, 2.75) is 63.7 Å². The van der Waals surface area contributed by atoms with Crippen LogP contribution in [0.15, 0.2) is 30.3 Å². The van der Waals surface area contributed by atoms with Gasteiger partial charge < -0.3 is 24.6 Å². The van der Waals surface area contributed by atoms with Gasteiger partial charge in [0, 0.05) is 30.6 Å². The van der Waals surface area contributed by atoms with Gasteiger partial charge in [-0.1, -0.05) is 43.6 Å². The molecule has 1 saturated carbocycles. The lowest BCUT2D eigenvalue weighted by Gasteiger charge is -2.35. The zero-order valence-electron chi connectivity index (χ0n) is 21.5. The van der Waals surface area contributed by atoms with Crippen molar-refractivity contribution in [3.63, 3.8) is 0 Å². The number of aromatic nitrogens is 1. The quantitative estimate of drug-likeness (QED) is 0.372. The molecule has 5 rings (SSSR count). The van der Waals surface area contributed by atoms with Gasteiger partial charge in [-0.25, -0.2) is 0 Å². The van der Waals surface area contributed by atoms with E-state index in [1.165, 1.54) is 19.3 Å². The number of rotatable bonds is 7. The molecule has 2 aromatic carbocycles. The molecule has 0 atom stereocenters. The van der Waals surface area contributed by atoms with Gasteiger partial charge >= 0.3 is 0 Å². The molecule has 0 amide bonds. The Morgan fingerprint density at radius 1 is 0.944 bits per heavy atom. The van der Waals surface area contributed by atoms with E-state index in [0.717, 1.165) is 71.0 Å². The first kappa shape index (κ1) is 24.8. The van der Waals surface area contributed by atoms with Crippen LogP contribution in [-0.4, -0.2) is 42.5 Å². The molecule has 36 heavy (non-hydrogen) atoms. The molecule has 0 radical (unpaired) electrons. The molecule has 6 nitrogen and oxygen atoms in total. The Kier molecular flexibility index (Phi) is 7.02. The largest absolute Gasteiger partial charge is 0.508 e. The van der Waals surface area contributed by atoms with Crippen molar-refractivity contribution in [2.24, 2.45) is 0 Å². The minimum absolute atomic E-state index is 0.0157. The maximum absolute atomic E-state index is 10.8. The molecular weight excluding hydrogens is 472 g/mol. The molecule has 0 spiro atoms. The summed E-state index contributed by atoms with van der Waals surface area (Å²) in [6, 6.07) is 10.0. The van der Waals surface area contributed by atoms with Gasteiger partial charge in [0.15, 0.2) is 16.6 Å². The van der Waals surface area contributed by atoms with Crippen molar-refractivity contribution >= 4 is 16.5 Å². The molecular formula is C29H36N2O4S. The number of phenols is 1. The SMILES string of the molecule is COc1cc(-c2ccc(O)c(C3(C)CCCCC3)c2)cc(Cc2sc(N3CCCC3)nc2O)c1OC. The van der Waals surface area contributed by atoms with E-state index in [1.54, 1.807) is 25.6 Å². The van der Waals surface area contributed by atoms with Gasteiger partial charge in [-0.05, 0) is 66.5 Å². The number of hydrogen-bond donors (Lipinski definition) is 2. The molecule has 1 aromatic heterocycles. The molecule has 3 aromatic rings. The number of phenolic OH excluding ortho intramolecular Hbond substituents is 1. The molecule has 2 N–H and O–H groups in total. The van der Waals surface area contributed by atoms with Gasteiger partial charge in [0.05, 0.1) is 19.1 Å². The fourth-order valence-electron chi connectivity index (χ4n) is 5.81. The molecule has 2 aliphatic rings. The Morgan fingerprint density at radius 2 is 1.69 bits per heavy atom. The summed E-state index contributed by atoms with van der Waals surface area (Å²) in [4.78, 5) is 7.51. The van der Waals surface area contributed by atoms with Crippen LogP contribution in [0.2, 0.25) is 0 Å². The molecule has 1 aliphatic heterocycles. The second kappa shape index (κ2) is 10.2. The highest BCUT2D eigenvalue weighted by Gasteiger charge is 2.31. The molecule has 0 bridgehead atoms. The fourth-order valence-corrected chi connectivity index (χ4v) is 6.83. The van der Waals surface area contributed by atoms with E-state index in [4.69, 9.17) is 9.47 Å². The maximum Gasteiger partial charge on any atom is 0.227 e. The van der Waals surface area contributed by atoms with Crippen molar-refractivity contribution in [3.8, 4) is 34.3 Å². The van der Waals surface area contributed by atoms with E-state index < -0.39 is 0 Å². The number of benzene rings is 2. The molecule has 2 fully saturated rings. The zero-order chi connectivity index (χ0) is 25.3. The van der Waals surface area contributed by atoms with E-state index >= 15 is 0 Å². The smallest absolute Gasteiger partial charge is 0.227 e. The van der Waals surface area contributed by atoms with Crippen molar-refractivity contribution in [1.29, 1.82) is 0 Å². The first-order valence-corrected chi connectivity index (χ1v) is 13.8. The summed E-state index contributed by atoms with van der Waals surface area (Å²) < 4.78 is 11.5. The van der Waals surface area contributed by atoms with E-state index in [2.05, 4.69) is 28.9 Å². The van der Waals surface area contributed by atoms with Gasteiger partial charge in [0.1, 0.15) is 5.75 Å². The first-order chi connectivity index (χ1) is 17.4. The van der Waals surface area contributed by atoms with Gasteiger partial charge in [0.2, 0.25) is 5.88 Å². The highest BCUT2D eigenvalue weighted by molar-refractivity contribution is 7.15. The topological polar surface area (TPSA) is 75.1 Å². The summed E-state index contributed by atoms with van der Waals surface area (Å²) in [5, 5.41) is 22.3.